The molecule has 2 heterocycles. The number of fused-ring (bicyclic) bond motifs is 6. The molecule has 6 rings (SSSR count). The van der Waals surface area contributed by atoms with Crippen LogP contribution in [0.4, 0.5) is 5.69 Å². The molecule has 35 heavy (non-hydrogen) atoms. The molecule has 8 heteroatoms. The first-order valence-electron chi connectivity index (χ1n) is 11.3. The number of thiazole rings is 1. The van der Waals surface area contributed by atoms with E-state index in [0.717, 1.165) is 31.4 Å². The Morgan fingerprint density at radius 2 is 1.63 bits per heavy atom. The Kier molecular flexibility index (Phi) is 5.56. The molecule has 1 aliphatic rings. The highest BCUT2D eigenvalue weighted by molar-refractivity contribution is 8.04. The van der Waals surface area contributed by atoms with Crippen LogP contribution in [0.2, 0.25) is 0 Å². The van der Waals surface area contributed by atoms with Crippen molar-refractivity contribution in [3.63, 3.8) is 0 Å². The van der Waals surface area contributed by atoms with Crippen LogP contribution < -0.4 is 9.47 Å². The third-order valence-corrected chi connectivity index (χ3v) is 9.42. The van der Waals surface area contributed by atoms with Gasteiger partial charge in [0.25, 0.3) is 5.01 Å². The number of nitrogens with zero attached hydrogens (tertiary/aromatic N) is 2. The molecule has 176 valence electrons. The van der Waals surface area contributed by atoms with Gasteiger partial charge in [-0.3, -0.25) is 0 Å². The third kappa shape index (κ3) is 4.10. The fraction of sp³-hybridized carbons (Fsp3) is 0.148. The average molecular weight is 519 g/mol. The van der Waals surface area contributed by atoms with E-state index in [1.54, 1.807) is 23.1 Å². The Bertz CT molecular complexity index is 1760. The maximum absolute atomic E-state index is 11.3. The van der Waals surface area contributed by atoms with Crippen LogP contribution in [0.5, 0.6) is 0 Å². The number of hydrogen-bond donors (Lipinski definition) is 0. The summed E-state index contributed by atoms with van der Waals surface area (Å²) in [5.74, 6) is -0.371. The summed E-state index contributed by atoms with van der Waals surface area (Å²) < 4.78 is 37.3. The highest BCUT2D eigenvalue weighted by atomic mass is 32.2. The van der Waals surface area contributed by atoms with Crippen LogP contribution in [-0.4, -0.2) is 25.3 Å². The van der Waals surface area contributed by atoms with Gasteiger partial charge < -0.3 is 9.45 Å². The molecule has 0 saturated carbocycles. The minimum absolute atomic E-state index is 0.273. The van der Waals surface area contributed by atoms with Crippen LogP contribution in [0, 0.1) is 0 Å². The highest BCUT2D eigenvalue weighted by Gasteiger charge is 2.29. The smallest absolute Gasteiger partial charge is 0.265 e. The molecule has 0 N–H and O–H groups in total. The molecule has 5 aromatic rings. The first-order chi connectivity index (χ1) is 16.9. The van der Waals surface area contributed by atoms with E-state index in [0.29, 0.717) is 6.54 Å². The molecule has 0 amide bonds. The van der Waals surface area contributed by atoms with Gasteiger partial charge in [0.15, 0.2) is 0 Å². The van der Waals surface area contributed by atoms with Crippen molar-refractivity contribution >= 4 is 76.7 Å². The average Bonchev–Trinajstić information content (AvgIpc) is 3.36. The van der Waals surface area contributed by atoms with Crippen molar-refractivity contribution in [2.75, 3.05) is 17.2 Å². The molecule has 0 atom stereocenters. The van der Waals surface area contributed by atoms with E-state index in [-0.39, 0.29) is 12.2 Å². The minimum atomic E-state index is -4.26. The first-order valence-corrected chi connectivity index (χ1v) is 14.5. The predicted molar refractivity (Wildman–Crippen MR) is 145 cm³/mol. The molecule has 0 radical (unpaired) electrons. The van der Waals surface area contributed by atoms with Crippen molar-refractivity contribution in [2.45, 2.75) is 11.3 Å². The van der Waals surface area contributed by atoms with E-state index in [1.165, 1.54) is 21.0 Å². The zero-order valence-corrected chi connectivity index (χ0v) is 21.4. The summed E-state index contributed by atoms with van der Waals surface area (Å²) in [7, 11) is -2.17. The largest absolute Gasteiger partial charge is 0.748 e. The molecular formula is C27H22N2O3S3. The van der Waals surface area contributed by atoms with Crippen LogP contribution in [0.25, 0.3) is 37.8 Å². The highest BCUT2D eigenvalue weighted by Crippen LogP contribution is 2.50. The molecule has 0 bridgehead atoms. The van der Waals surface area contributed by atoms with Crippen molar-refractivity contribution in [2.24, 2.45) is 7.05 Å². The van der Waals surface area contributed by atoms with E-state index in [9.17, 15) is 13.0 Å². The molecule has 5 nitrogen and oxygen atoms in total. The number of hydrogen-bond acceptors (Lipinski definition) is 6. The zero-order chi connectivity index (χ0) is 24.2. The topological polar surface area (TPSA) is 64.3 Å². The summed E-state index contributed by atoms with van der Waals surface area (Å²) in [5, 5.41) is 6.83. The molecule has 1 aromatic heterocycles. The quantitative estimate of drug-likeness (QED) is 0.215. The number of rotatable bonds is 5. The SMILES string of the molecule is C[n+]1c(C=C2Sc3ccc4ccccc4c3N2CCCS(=O)(=O)[O-])sc2ccc3ccccc3c21. The second-order valence-corrected chi connectivity index (χ2v) is 12.3. The fourth-order valence-corrected chi connectivity index (χ4v) is 7.59. The summed E-state index contributed by atoms with van der Waals surface area (Å²) in [4.78, 5) is 3.31. The van der Waals surface area contributed by atoms with Crippen molar-refractivity contribution in [3.8, 4) is 0 Å². The van der Waals surface area contributed by atoms with Gasteiger partial charge in [0, 0.05) is 22.6 Å². The minimum Gasteiger partial charge on any atom is -0.748 e. The van der Waals surface area contributed by atoms with Gasteiger partial charge in [0.1, 0.15) is 11.7 Å². The molecule has 0 unspecified atom stereocenters. The van der Waals surface area contributed by atoms with Gasteiger partial charge in [-0.15, -0.1) is 0 Å². The summed E-state index contributed by atoms with van der Waals surface area (Å²) in [5.41, 5.74) is 2.28. The van der Waals surface area contributed by atoms with Gasteiger partial charge in [0.05, 0.1) is 32.3 Å². The fourth-order valence-electron chi connectivity index (χ4n) is 4.79. The Morgan fingerprint density at radius 3 is 2.40 bits per heavy atom. The van der Waals surface area contributed by atoms with Gasteiger partial charge in [-0.05, 0) is 35.4 Å². The van der Waals surface area contributed by atoms with Gasteiger partial charge in [-0.2, -0.15) is 4.57 Å². The first kappa shape index (κ1) is 22.5. The second-order valence-electron chi connectivity index (χ2n) is 8.62. The Balaban J connectivity index is 1.48. The Hall–Kier alpha value is -2.91. The van der Waals surface area contributed by atoms with Gasteiger partial charge in [0.2, 0.25) is 5.52 Å². The van der Waals surface area contributed by atoms with Crippen molar-refractivity contribution in [1.29, 1.82) is 0 Å². The van der Waals surface area contributed by atoms with Crippen LogP contribution in [0.1, 0.15) is 11.4 Å². The van der Waals surface area contributed by atoms with E-state index >= 15 is 0 Å². The molecule has 0 spiro atoms. The van der Waals surface area contributed by atoms with E-state index < -0.39 is 10.1 Å². The Labute approximate surface area is 212 Å². The van der Waals surface area contributed by atoms with Crippen LogP contribution >= 0.6 is 23.1 Å². The monoisotopic (exact) mass is 518 g/mol. The summed E-state index contributed by atoms with van der Waals surface area (Å²) in [6, 6.07) is 25.2. The molecule has 4 aromatic carbocycles. The summed E-state index contributed by atoms with van der Waals surface area (Å²) >= 11 is 3.43. The number of thioether (sulfide) groups is 1. The summed E-state index contributed by atoms with van der Waals surface area (Å²) in [6.07, 6.45) is 2.46. The normalized spacial score (nSPS) is 15.0. The zero-order valence-electron chi connectivity index (χ0n) is 19.0. The van der Waals surface area contributed by atoms with Crippen LogP contribution in [0.15, 0.2) is 82.7 Å². The molecule has 0 saturated heterocycles. The van der Waals surface area contributed by atoms with Crippen molar-refractivity contribution < 1.29 is 17.5 Å². The van der Waals surface area contributed by atoms with Crippen molar-refractivity contribution in [3.05, 3.63) is 82.8 Å². The number of aryl methyl sites for hydroxylation is 1. The van der Waals surface area contributed by atoms with Crippen LogP contribution in [-0.2, 0) is 17.2 Å². The lowest BCUT2D eigenvalue weighted by Gasteiger charge is -2.22. The number of benzene rings is 4. The predicted octanol–water partition coefficient (Wildman–Crippen LogP) is 5.88. The molecular weight excluding hydrogens is 497 g/mol. The van der Waals surface area contributed by atoms with Gasteiger partial charge >= 0.3 is 0 Å². The Morgan fingerprint density at radius 1 is 0.943 bits per heavy atom. The van der Waals surface area contributed by atoms with Crippen molar-refractivity contribution in [1.82, 2.24) is 0 Å². The maximum Gasteiger partial charge on any atom is 0.265 e. The van der Waals surface area contributed by atoms with E-state index in [4.69, 9.17) is 0 Å². The van der Waals surface area contributed by atoms with E-state index in [2.05, 4.69) is 83.3 Å². The lowest BCUT2D eigenvalue weighted by atomic mass is 10.1. The van der Waals surface area contributed by atoms with Crippen LogP contribution in [0.3, 0.4) is 0 Å². The van der Waals surface area contributed by atoms with Gasteiger partial charge in [-0.25, -0.2) is 8.42 Å². The third-order valence-electron chi connectivity index (χ3n) is 6.38. The summed E-state index contributed by atoms with van der Waals surface area (Å²) in [6.45, 7) is 0.457. The maximum atomic E-state index is 11.3. The van der Waals surface area contributed by atoms with E-state index in [1.807, 2.05) is 12.1 Å². The molecule has 0 fully saturated rings. The second kappa shape index (κ2) is 8.64. The number of anilines is 1. The number of aromatic nitrogens is 1. The molecule has 0 aliphatic carbocycles. The van der Waals surface area contributed by atoms with Gasteiger partial charge in [-0.1, -0.05) is 77.7 Å². The lowest BCUT2D eigenvalue weighted by molar-refractivity contribution is -0.641. The standard InChI is InChI=1S/C27H22N2O3S3/c1-28-24(33-22-13-11-18-7-2-4-9-20(18)26(22)28)17-25-29(15-6-16-35(30,31)32)27-21-10-5-3-8-19(21)12-14-23(27)34-25/h2-5,7-14,17H,6,15-16H2,1H3. The lowest BCUT2D eigenvalue weighted by Crippen LogP contribution is -2.30. The molecule has 1 aliphatic heterocycles.